The van der Waals surface area contributed by atoms with Crippen molar-refractivity contribution in [2.75, 3.05) is 34.4 Å². The Hall–Kier alpha value is -1.82. The van der Waals surface area contributed by atoms with E-state index in [1.807, 2.05) is 7.05 Å². The number of amides is 1. The molecule has 0 bridgehead atoms. The minimum atomic E-state index is -0.301. The normalized spacial score (nSPS) is 21.0. The van der Waals surface area contributed by atoms with Crippen LogP contribution in [0.4, 0.5) is 4.39 Å². The summed E-state index contributed by atoms with van der Waals surface area (Å²) in [5.74, 6) is 1.22. The van der Waals surface area contributed by atoms with Crippen LogP contribution < -0.4 is 9.47 Å². The van der Waals surface area contributed by atoms with Crippen LogP contribution in [0.5, 0.6) is 11.5 Å². The Bertz CT molecular complexity index is 646. The first kappa shape index (κ1) is 19.0. The van der Waals surface area contributed by atoms with E-state index >= 15 is 0 Å². The summed E-state index contributed by atoms with van der Waals surface area (Å²) in [4.78, 5) is 16.5. The lowest BCUT2D eigenvalue weighted by atomic mass is 10.1. The van der Waals surface area contributed by atoms with Crippen LogP contribution >= 0.6 is 0 Å². The van der Waals surface area contributed by atoms with Gasteiger partial charge in [0.05, 0.1) is 14.2 Å². The van der Waals surface area contributed by atoms with Crippen LogP contribution in [-0.2, 0) is 11.3 Å². The van der Waals surface area contributed by atoms with Crippen molar-refractivity contribution in [2.45, 2.75) is 44.7 Å². The van der Waals surface area contributed by atoms with Gasteiger partial charge in [-0.3, -0.25) is 4.79 Å². The molecule has 1 unspecified atom stereocenters. The van der Waals surface area contributed by atoms with Crippen LogP contribution in [0, 0.1) is 11.7 Å². The highest BCUT2D eigenvalue weighted by Gasteiger charge is 2.35. The number of nitrogens with zero attached hydrogens (tertiary/aromatic N) is 2. The predicted molar refractivity (Wildman–Crippen MR) is 97.9 cm³/mol. The summed E-state index contributed by atoms with van der Waals surface area (Å²) in [6, 6.07) is 3.50. The molecule has 0 radical (unpaired) electrons. The predicted octanol–water partition coefficient (Wildman–Crippen LogP) is 3.07. The van der Waals surface area contributed by atoms with Crippen LogP contribution in [0.15, 0.2) is 12.1 Å². The molecule has 5 nitrogen and oxygen atoms in total. The van der Waals surface area contributed by atoms with Crippen LogP contribution in [0.1, 0.15) is 37.7 Å². The van der Waals surface area contributed by atoms with Crippen molar-refractivity contribution >= 4 is 5.91 Å². The van der Waals surface area contributed by atoms with Gasteiger partial charge < -0.3 is 19.3 Å². The molecular formula is C20H29FN2O3. The van der Waals surface area contributed by atoms with Gasteiger partial charge in [-0.25, -0.2) is 4.39 Å². The van der Waals surface area contributed by atoms with Crippen molar-refractivity contribution in [1.29, 1.82) is 0 Å². The standard InChI is InChI=1S/C20H29FN2O3/c1-22(13-15-9-18(25-2)19(26-3)10-17(15)21)11-14-8-20(24)23(12-14)16-6-4-5-7-16/h9-10,14,16H,4-8,11-13H2,1-3H3. The first-order chi connectivity index (χ1) is 12.5. The van der Waals surface area contributed by atoms with Gasteiger partial charge in [0.25, 0.3) is 0 Å². The van der Waals surface area contributed by atoms with Crippen molar-refractivity contribution in [3.8, 4) is 11.5 Å². The van der Waals surface area contributed by atoms with Gasteiger partial charge in [-0.15, -0.1) is 0 Å². The molecule has 1 aromatic carbocycles. The second kappa shape index (κ2) is 8.25. The minimum Gasteiger partial charge on any atom is -0.493 e. The Labute approximate surface area is 155 Å². The molecule has 0 N–H and O–H groups in total. The van der Waals surface area contributed by atoms with Gasteiger partial charge in [-0.05, 0) is 31.9 Å². The third-order valence-corrected chi connectivity index (χ3v) is 5.57. The quantitative estimate of drug-likeness (QED) is 0.746. The molecule has 1 aliphatic carbocycles. The zero-order valence-corrected chi connectivity index (χ0v) is 16.0. The maximum absolute atomic E-state index is 14.3. The lowest BCUT2D eigenvalue weighted by Crippen LogP contribution is -2.35. The Balaban J connectivity index is 1.59. The molecule has 1 atom stereocenters. The Morgan fingerprint density at radius 1 is 1.19 bits per heavy atom. The Kier molecular flexibility index (Phi) is 6.01. The monoisotopic (exact) mass is 364 g/mol. The van der Waals surface area contributed by atoms with Crippen molar-refractivity contribution in [2.24, 2.45) is 5.92 Å². The molecule has 144 valence electrons. The van der Waals surface area contributed by atoms with Gasteiger partial charge in [0.15, 0.2) is 11.5 Å². The van der Waals surface area contributed by atoms with E-state index in [2.05, 4.69) is 9.80 Å². The molecule has 1 aliphatic heterocycles. The summed E-state index contributed by atoms with van der Waals surface area (Å²) in [6.07, 6.45) is 5.36. The zero-order valence-electron chi connectivity index (χ0n) is 16.0. The Morgan fingerprint density at radius 3 is 2.50 bits per heavy atom. The van der Waals surface area contributed by atoms with E-state index in [4.69, 9.17) is 9.47 Å². The lowest BCUT2D eigenvalue weighted by molar-refractivity contribution is -0.129. The molecule has 0 aromatic heterocycles. The van der Waals surface area contributed by atoms with Crippen molar-refractivity contribution < 1.29 is 18.7 Å². The molecule has 0 spiro atoms. The molecule has 2 aliphatic rings. The van der Waals surface area contributed by atoms with Gasteiger partial charge in [0, 0.05) is 43.7 Å². The van der Waals surface area contributed by atoms with Crippen molar-refractivity contribution in [3.05, 3.63) is 23.5 Å². The smallest absolute Gasteiger partial charge is 0.223 e. The number of hydrogen-bond donors (Lipinski definition) is 0. The number of likely N-dealkylation sites (tertiary alicyclic amines) is 1. The largest absolute Gasteiger partial charge is 0.493 e. The number of rotatable bonds is 7. The van der Waals surface area contributed by atoms with Gasteiger partial charge in [-0.1, -0.05) is 12.8 Å². The fourth-order valence-corrected chi connectivity index (χ4v) is 4.31. The highest BCUT2D eigenvalue weighted by molar-refractivity contribution is 5.79. The van der Waals surface area contributed by atoms with E-state index in [9.17, 15) is 9.18 Å². The molecular weight excluding hydrogens is 335 g/mol. The second-order valence-electron chi connectivity index (χ2n) is 7.55. The zero-order chi connectivity index (χ0) is 18.7. The average Bonchev–Trinajstić information content (AvgIpc) is 3.25. The summed E-state index contributed by atoms with van der Waals surface area (Å²) in [5.41, 5.74) is 0.571. The highest BCUT2D eigenvalue weighted by Crippen LogP contribution is 2.32. The number of carbonyl (C=O) groups is 1. The van der Waals surface area contributed by atoms with E-state index in [0.717, 1.165) is 25.9 Å². The fraction of sp³-hybridized carbons (Fsp3) is 0.650. The molecule has 26 heavy (non-hydrogen) atoms. The molecule has 1 saturated carbocycles. The molecule has 1 aromatic rings. The van der Waals surface area contributed by atoms with Crippen LogP contribution in [0.2, 0.25) is 0 Å². The van der Waals surface area contributed by atoms with Gasteiger partial charge in [0.2, 0.25) is 5.91 Å². The fourth-order valence-electron chi connectivity index (χ4n) is 4.31. The van der Waals surface area contributed by atoms with E-state index in [-0.39, 0.29) is 11.7 Å². The number of benzene rings is 1. The summed E-state index contributed by atoms with van der Waals surface area (Å²) in [6.45, 7) is 2.09. The highest BCUT2D eigenvalue weighted by atomic mass is 19.1. The first-order valence-electron chi connectivity index (χ1n) is 9.40. The van der Waals surface area contributed by atoms with E-state index in [1.165, 1.54) is 26.0 Å². The number of methoxy groups -OCH3 is 2. The van der Waals surface area contributed by atoms with E-state index < -0.39 is 0 Å². The Morgan fingerprint density at radius 2 is 1.85 bits per heavy atom. The molecule has 1 saturated heterocycles. The van der Waals surface area contributed by atoms with Crippen LogP contribution in [0.3, 0.4) is 0 Å². The van der Waals surface area contributed by atoms with Crippen LogP contribution in [0.25, 0.3) is 0 Å². The number of carbonyl (C=O) groups excluding carboxylic acids is 1. The lowest BCUT2D eigenvalue weighted by Gasteiger charge is -2.25. The number of hydrogen-bond acceptors (Lipinski definition) is 4. The summed E-state index contributed by atoms with van der Waals surface area (Å²) < 4.78 is 24.7. The average molecular weight is 364 g/mol. The SMILES string of the molecule is COc1cc(F)c(CN(C)CC2CC(=O)N(C3CCCC3)C2)cc1OC. The van der Waals surface area contributed by atoms with Gasteiger partial charge in [-0.2, -0.15) is 0 Å². The summed E-state index contributed by atoms with van der Waals surface area (Å²) in [5, 5.41) is 0. The molecule has 2 fully saturated rings. The van der Waals surface area contributed by atoms with Crippen LogP contribution in [-0.4, -0.2) is 56.1 Å². The topological polar surface area (TPSA) is 42.0 Å². The third-order valence-electron chi connectivity index (χ3n) is 5.57. The molecule has 1 heterocycles. The summed E-state index contributed by atoms with van der Waals surface area (Å²) >= 11 is 0. The minimum absolute atomic E-state index is 0.285. The van der Waals surface area contributed by atoms with E-state index in [1.54, 1.807) is 13.2 Å². The first-order valence-corrected chi connectivity index (χ1v) is 9.40. The van der Waals surface area contributed by atoms with Gasteiger partial charge in [0.1, 0.15) is 5.82 Å². The number of ether oxygens (including phenoxy) is 2. The molecule has 1 amide bonds. The maximum Gasteiger partial charge on any atom is 0.223 e. The second-order valence-corrected chi connectivity index (χ2v) is 7.55. The van der Waals surface area contributed by atoms with Gasteiger partial charge >= 0.3 is 0 Å². The number of halogens is 1. The van der Waals surface area contributed by atoms with Crippen molar-refractivity contribution in [3.63, 3.8) is 0 Å². The summed E-state index contributed by atoms with van der Waals surface area (Å²) in [7, 11) is 5.01. The molecule has 6 heteroatoms. The van der Waals surface area contributed by atoms with Crippen molar-refractivity contribution in [1.82, 2.24) is 9.80 Å². The molecule has 3 rings (SSSR count). The maximum atomic E-state index is 14.3. The van der Waals surface area contributed by atoms with E-state index in [0.29, 0.717) is 42.0 Å². The third kappa shape index (κ3) is 4.11.